The van der Waals surface area contributed by atoms with E-state index in [0.717, 1.165) is 18.4 Å². The first kappa shape index (κ1) is 8.96. The fourth-order valence-corrected chi connectivity index (χ4v) is 1.73. The maximum atomic E-state index is 9.90. The van der Waals surface area contributed by atoms with Gasteiger partial charge in [0.2, 0.25) is 0 Å². The lowest BCUT2D eigenvalue weighted by atomic mass is 10.1. The third kappa shape index (κ3) is 1.36. The molecule has 1 aromatic rings. The Hall–Kier alpha value is -1.30. The molecule has 2 aliphatic rings. The van der Waals surface area contributed by atoms with Gasteiger partial charge in [-0.2, -0.15) is 0 Å². The lowest BCUT2D eigenvalue weighted by molar-refractivity contribution is -0.0672. The van der Waals surface area contributed by atoms with Crippen LogP contribution >= 0.6 is 0 Å². The number of rotatable bonds is 1. The Morgan fingerprint density at radius 2 is 1.80 bits per heavy atom. The van der Waals surface area contributed by atoms with E-state index >= 15 is 0 Å². The van der Waals surface area contributed by atoms with Crippen LogP contribution in [0.5, 0.6) is 11.5 Å². The van der Waals surface area contributed by atoms with Crippen molar-refractivity contribution in [3.8, 4) is 11.5 Å². The van der Waals surface area contributed by atoms with Crippen molar-refractivity contribution in [2.45, 2.75) is 24.5 Å². The van der Waals surface area contributed by atoms with Crippen LogP contribution in [0.15, 0.2) is 18.2 Å². The van der Waals surface area contributed by atoms with Crippen molar-refractivity contribution in [3.63, 3.8) is 0 Å². The first-order valence-corrected chi connectivity index (χ1v) is 4.81. The zero-order chi connectivity index (χ0) is 10.7. The van der Waals surface area contributed by atoms with Gasteiger partial charge in [0.05, 0.1) is 5.60 Å². The van der Waals surface area contributed by atoms with Gasteiger partial charge in [0, 0.05) is 0 Å². The molecule has 3 rings (SSSR count). The summed E-state index contributed by atoms with van der Waals surface area (Å²) in [7, 11) is 0. The molecule has 5 N–H and O–H groups in total. The zero-order valence-corrected chi connectivity index (χ0v) is 8.06. The molecule has 1 aliphatic heterocycles. The summed E-state index contributed by atoms with van der Waals surface area (Å²) in [6.45, 7) is 0. The molecule has 5 heteroatoms. The number of ether oxygens (including phenoxy) is 2. The van der Waals surface area contributed by atoms with E-state index < -0.39 is 11.6 Å². The fraction of sp³-hybridized carbons (Fsp3) is 0.400. The molecular weight excluding hydrogens is 196 g/mol. The van der Waals surface area contributed by atoms with Crippen LogP contribution in [-0.2, 0) is 5.60 Å². The van der Waals surface area contributed by atoms with Crippen LogP contribution in [0.3, 0.4) is 0 Å². The number of benzene rings is 1. The second-order valence-corrected chi connectivity index (χ2v) is 4.12. The normalized spacial score (nSPS) is 23.9. The predicted octanol–water partition coefficient (Wildman–Crippen LogP) is -0.0321. The van der Waals surface area contributed by atoms with Crippen LogP contribution < -0.4 is 20.9 Å². The Morgan fingerprint density at radius 1 is 1.13 bits per heavy atom. The van der Waals surface area contributed by atoms with Gasteiger partial charge >= 0.3 is 6.03 Å². The molecule has 0 bridgehead atoms. The second kappa shape index (κ2) is 2.44. The summed E-state index contributed by atoms with van der Waals surface area (Å²) in [4.78, 5) is 0. The minimum absolute atomic E-state index is 0.484. The van der Waals surface area contributed by atoms with Crippen molar-refractivity contribution in [1.29, 1.82) is 0 Å². The van der Waals surface area contributed by atoms with Crippen LogP contribution in [0.1, 0.15) is 18.4 Å². The number of aliphatic hydroxyl groups is 1. The maximum absolute atomic E-state index is 9.90. The average Bonchev–Trinajstić information content (AvgIpc) is 2.78. The Labute approximate surface area is 86.6 Å². The smallest absolute Gasteiger partial charge is 0.376 e. The molecule has 1 saturated carbocycles. The molecule has 1 fully saturated rings. The van der Waals surface area contributed by atoms with Gasteiger partial charge in [0.15, 0.2) is 11.5 Å². The fourth-order valence-electron chi connectivity index (χ4n) is 1.73. The van der Waals surface area contributed by atoms with E-state index in [0.29, 0.717) is 11.5 Å². The van der Waals surface area contributed by atoms with E-state index in [1.165, 1.54) is 0 Å². The van der Waals surface area contributed by atoms with Gasteiger partial charge in [-0.1, -0.05) is 6.07 Å². The van der Waals surface area contributed by atoms with Crippen LogP contribution in [0.4, 0.5) is 0 Å². The molecule has 0 atom stereocenters. The quantitative estimate of drug-likeness (QED) is 0.564. The molecule has 15 heavy (non-hydrogen) atoms. The van der Waals surface area contributed by atoms with Gasteiger partial charge in [-0.3, -0.25) is 0 Å². The van der Waals surface area contributed by atoms with Crippen LogP contribution in [0.2, 0.25) is 0 Å². The van der Waals surface area contributed by atoms with Crippen molar-refractivity contribution in [2.75, 3.05) is 0 Å². The molecule has 1 aliphatic carbocycles. The van der Waals surface area contributed by atoms with E-state index in [1.54, 1.807) is 18.2 Å². The second-order valence-electron chi connectivity index (χ2n) is 4.12. The molecule has 1 heterocycles. The maximum Gasteiger partial charge on any atom is 0.376 e. The first-order chi connectivity index (χ1) is 6.99. The van der Waals surface area contributed by atoms with Crippen molar-refractivity contribution >= 4 is 0 Å². The summed E-state index contributed by atoms with van der Waals surface area (Å²) < 4.78 is 10.3. The largest absolute Gasteiger partial charge is 0.424 e. The van der Waals surface area contributed by atoms with Gasteiger partial charge in [0.25, 0.3) is 0 Å². The summed E-state index contributed by atoms with van der Waals surface area (Å²) in [5.41, 5.74) is 11.1. The van der Waals surface area contributed by atoms with Crippen LogP contribution in [-0.4, -0.2) is 11.1 Å². The van der Waals surface area contributed by atoms with Gasteiger partial charge in [0.1, 0.15) is 0 Å². The molecular formula is C10H12N2O3. The number of hydrogen-bond acceptors (Lipinski definition) is 5. The monoisotopic (exact) mass is 208 g/mol. The van der Waals surface area contributed by atoms with E-state index in [2.05, 4.69) is 0 Å². The average molecular weight is 208 g/mol. The molecule has 0 aromatic heterocycles. The van der Waals surface area contributed by atoms with Crippen molar-refractivity contribution in [1.82, 2.24) is 0 Å². The third-order valence-corrected chi connectivity index (χ3v) is 2.74. The topological polar surface area (TPSA) is 90.7 Å². The first-order valence-electron chi connectivity index (χ1n) is 4.81. The Balaban J connectivity index is 1.99. The molecule has 80 valence electrons. The molecule has 0 saturated heterocycles. The van der Waals surface area contributed by atoms with Crippen LogP contribution in [0, 0.1) is 0 Å². The highest BCUT2D eigenvalue weighted by Gasteiger charge is 2.43. The van der Waals surface area contributed by atoms with Gasteiger partial charge in [-0.25, -0.2) is 11.5 Å². The van der Waals surface area contributed by atoms with E-state index in [4.69, 9.17) is 20.9 Å². The zero-order valence-electron chi connectivity index (χ0n) is 8.06. The molecule has 0 radical (unpaired) electrons. The van der Waals surface area contributed by atoms with E-state index in [9.17, 15) is 5.11 Å². The Kier molecular flexibility index (Phi) is 1.46. The van der Waals surface area contributed by atoms with Gasteiger partial charge < -0.3 is 14.6 Å². The van der Waals surface area contributed by atoms with Gasteiger partial charge in [-0.15, -0.1) is 0 Å². The summed E-state index contributed by atoms with van der Waals surface area (Å²) >= 11 is 0. The summed E-state index contributed by atoms with van der Waals surface area (Å²) in [5.74, 6) is 0.992. The minimum atomic E-state index is -1.59. The summed E-state index contributed by atoms with van der Waals surface area (Å²) in [6, 6.07) is 3.65. The third-order valence-electron chi connectivity index (χ3n) is 2.74. The summed E-state index contributed by atoms with van der Waals surface area (Å²) in [6.07, 6.45) is 1.56. The molecule has 0 amide bonds. The highest BCUT2D eigenvalue weighted by molar-refractivity contribution is 5.47. The molecule has 5 nitrogen and oxygen atoms in total. The lowest BCUT2D eigenvalue weighted by Crippen LogP contribution is -2.56. The molecule has 0 spiro atoms. The standard InChI is InChI=1S/C10H12N2O3/c11-10(12)14-7-2-1-6(5-8(7)15-10)9(13)3-4-9/h1-2,5,13H,3-4,11-12H2. The predicted molar refractivity (Wildman–Crippen MR) is 51.9 cm³/mol. The Bertz CT molecular complexity index is 427. The van der Waals surface area contributed by atoms with Crippen LogP contribution in [0.25, 0.3) is 0 Å². The molecule has 1 aromatic carbocycles. The minimum Gasteiger partial charge on any atom is -0.424 e. The highest BCUT2D eigenvalue weighted by atomic mass is 16.8. The Morgan fingerprint density at radius 3 is 2.47 bits per heavy atom. The summed E-state index contributed by atoms with van der Waals surface area (Å²) in [5, 5.41) is 9.90. The number of nitrogens with two attached hydrogens (primary N) is 2. The van der Waals surface area contributed by atoms with Crippen molar-refractivity contribution in [3.05, 3.63) is 23.8 Å². The van der Waals surface area contributed by atoms with Crippen molar-refractivity contribution < 1.29 is 14.6 Å². The highest BCUT2D eigenvalue weighted by Crippen LogP contribution is 2.48. The number of fused-ring (bicyclic) bond motifs is 1. The van der Waals surface area contributed by atoms with E-state index in [-0.39, 0.29) is 0 Å². The SMILES string of the molecule is NC1(N)Oc2ccc(C3(O)CC3)cc2O1. The molecule has 0 unspecified atom stereocenters. The van der Waals surface area contributed by atoms with Crippen molar-refractivity contribution in [2.24, 2.45) is 11.5 Å². The number of hydrogen-bond donors (Lipinski definition) is 3. The lowest BCUT2D eigenvalue weighted by Gasteiger charge is -2.14. The van der Waals surface area contributed by atoms with Gasteiger partial charge in [-0.05, 0) is 30.5 Å². The van der Waals surface area contributed by atoms with E-state index in [1.807, 2.05) is 0 Å².